The van der Waals surface area contributed by atoms with Crippen LogP contribution in [0.15, 0.2) is 103 Å². The fraction of sp³-hybridized carbons (Fsp3) is 0.286. The molecule has 11 nitrogen and oxygen atoms in total. The Balaban J connectivity index is 1.45. The van der Waals surface area contributed by atoms with Gasteiger partial charge in [0.2, 0.25) is 23.6 Å². The lowest BCUT2D eigenvalue weighted by atomic mass is 10.0. The monoisotopic (exact) mass is 748 g/mol. The van der Waals surface area contributed by atoms with Gasteiger partial charge in [0.15, 0.2) is 0 Å². The van der Waals surface area contributed by atoms with Gasteiger partial charge in [0, 0.05) is 42.9 Å². The van der Waals surface area contributed by atoms with Gasteiger partial charge in [-0.15, -0.1) is 0 Å². The first-order chi connectivity index (χ1) is 25.8. The summed E-state index contributed by atoms with van der Waals surface area (Å²) in [5.74, 6) is -2.63. The molecule has 0 saturated heterocycles. The molecule has 0 heterocycles. The Morgan fingerprint density at radius 1 is 0.759 bits per heavy atom. The van der Waals surface area contributed by atoms with Gasteiger partial charge in [-0.2, -0.15) is 5.26 Å². The van der Waals surface area contributed by atoms with Gasteiger partial charge in [-0.1, -0.05) is 96.5 Å². The molecule has 4 rings (SSSR count). The van der Waals surface area contributed by atoms with Crippen LogP contribution in [0.2, 0.25) is 5.02 Å². The van der Waals surface area contributed by atoms with E-state index in [1.807, 2.05) is 99.6 Å². The summed E-state index contributed by atoms with van der Waals surface area (Å²) >= 11 is 5.91. The Morgan fingerprint density at radius 2 is 1.44 bits per heavy atom. The molecule has 5 amide bonds. The zero-order valence-corrected chi connectivity index (χ0v) is 31.3. The van der Waals surface area contributed by atoms with Crippen molar-refractivity contribution < 1.29 is 24.0 Å². The number of rotatable bonds is 16. The number of halogens is 1. The molecule has 12 heteroatoms. The second-order valence-electron chi connectivity index (χ2n) is 13.8. The summed E-state index contributed by atoms with van der Waals surface area (Å²) in [5, 5.41) is 25.9. The zero-order valence-electron chi connectivity index (χ0n) is 30.6. The molecule has 0 unspecified atom stereocenters. The molecule has 54 heavy (non-hydrogen) atoms. The smallest absolute Gasteiger partial charge is 0.261 e. The maximum absolute atomic E-state index is 13.9. The van der Waals surface area contributed by atoms with Gasteiger partial charge < -0.3 is 26.6 Å². The Kier molecular flexibility index (Phi) is 14.9. The summed E-state index contributed by atoms with van der Waals surface area (Å²) in [6, 6.07) is 29.2. The van der Waals surface area contributed by atoms with Crippen LogP contribution in [-0.4, -0.2) is 53.7 Å². The lowest BCUT2D eigenvalue weighted by Gasteiger charge is -2.24. The minimum Gasteiger partial charge on any atom is -0.352 e. The molecule has 0 fully saturated rings. The molecule has 4 aromatic rings. The fourth-order valence-electron chi connectivity index (χ4n) is 5.63. The van der Waals surface area contributed by atoms with Crippen molar-refractivity contribution in [2.75, 3.05) is 6.54 Å². The third-order valence-electron chi connectivity index (χ3n) is 8.26. The van der Waals surface area contributed by atoms with Crippen molar-refractivity contribution in [3.8, 4) is 6.07 Å². The minimum absolute atomic E-state index is 0.0516. The maximum atomic E-state index is 13.9. The van der Waals surface area contributed by atoms with Crippen LogP contribution < -0.4 is 26.6 Å². The molecule has 5 N–H and O–H groups in total. The molecule has 0 aliphatic heterocycles. The average molecular weight is 749 g/mol. The number of hydrogen-bond acceptors (Lipinski definition) is 6. The third-order valence-corrected chi connectivity index (χ3v) is 8.51. The van der Waals surface area contributed by atoms with E-state index in [0.29, 0.717) is 10.6 Å². The molecular formula is C42H45ClN6O5. The summed E-state index contributed by atoms with van der Waals surface area (Å²) in [7, 11) is 0. The molecule has 0 radical (unpaired) electrons. The summed E-state index contributed by atoms with van der Waals surface area (Å²) in [6.45, 7) is 5.59. The number of nitrogens with one attached hydrogen (secondary N) is 5. The highest BCUT2D eigenvalue weighted by Gasteiger charge is 2.28. The summed E-state index contributed by atoms with van der Waals surface area (Å²) in [5.41, 5.74) is 1.65. The molecule has 2 atom stereocenters. The number of hydrogen-bond donors (Lipinski definition) is 5. The van der Waals surface area contributed by atoms with E-state index in [9.17, 15) is 29.2 Å². The van der Waals surface area contributed by atoms with E-state index in [1.54, 1.807) is 24.3 Å². The van der Waals surface area contributed by atoms with Crippen molar-refractivity contribution in [3.63, 3.8) is 0 Å². The highest BCUT2D eigenvalue weighted by atomic mass is 35.5. The SMILES string of the molecule is CC(C)(C)NC(=O)CC[C@H](NC(=O)CCNC(=O)/C(C#N)=C/c1ccc(Cl)cc1)C(=O)N[C@@H](Cc1ccccc1)C(=O)NCc1cccc2ccccc12. The largest absolute Gasteiger partial charge is 0.352 e. The maximum Gasteiger partial charge on any atom is 0.261 e. The highest BCUT2D eigenvalue weighted by Crippen LogP contribution is 2.18. The van der Waals surface area contributed by atoms with Gasteiger partial charge in [0.25, 0.3) is 5.91 Å². The number of nitriles is 1. The van der Waals surface area contributed by atoms with Crippen molar-refractivity contribution in [2.24, 2.45) is 0 Å². The van der Waals surface area contributed by atoms with Crippen molar-refractivity contribution >= 4 is 58.0 Å². The number of nitrogens with zero attached hydrogens (tertiary/aromatic N) is 1. The first-order valence-corrected chi connectivity index (χ1v) is 18.0. The predicted octanol–water partition coefficient (Wildman–Crippen LogP) is 5.13. The highest BCUT2D eigenvalue weighted by molar-refractivity contribution is 6.30. The summed E-state index contributed by atoms with van der Waals surface area (Å²) in [6.07, 6.45) is 1.23. The van der Waals surface area contributed by atoms with Crippen LogP contribution in [-0.2, 0) is 36.9 Å². The van der Waals surface area contributed by atoms with Gasteiger partial charge in [-0.05, 0) is 72.9 Å². The lowest BCUT2D eigenvalue weighted by molar-refractivity contribution is -0.132. The minimum atomic E-state index is -1.18. The number of carbonyl (C=O) groups is 5. The topological polar surface area (TPSA) is 169 Å². The summed E-state index contributed by atoms with van der Waals surface area (Å²) < 4.78 is 0. The lowest BCUT2D eigenvalue weighted by Crippen LogP contribution is -2.54. The van der Waals surface area contributed by atoms with Crippen molar-refractivity contribution in [3.05, 3.63) is 124 Å². The van der Waals surface area contributed by atoms with E-state index in [2.05, 4.69) is 26.6 Å². The Labute approximate surface area is 320 Å². The van der Waals surface area contributed by atoms with Gasteiger partial charge in [-0.25, -0.2) is 0 Å². The van der Waals surface area contributed by atoms with Gasteiger partial charge in [-0.3, -0.25) is 24.0 Å². The molecule has 0 spiro atoms. The Morgan fingerprint density at radius 3 is 2.15 bits per heavy atom. The van der Waals surface area contributed by atoms with E-state index < -0.39 is 41.3 Å². The van der Waals surface area contributed by atoms with E-state index in [1.165, 1.54) is 6.08 Å². The van der Waals surface area contributed by atoms with Gasteiger partial charge >= 0.3 is 0 Å². The van der Waals surface area contributed by atoms with Crippen LogP contribution in [0.4, 0.5) is 0 Å². The van der Waals surface area contributed by atoms with E-state index >= 15 is 0 Å². The van der Waals surface area contributed by atoms with Crippen molar-refractivity contribution in [1.82, 2.24) is 26.6 Å². The predicted molar refractivity (Wildman–Crippen MR) is 210 cm³/mol. The van der Waals surface area contributed by atoms with Gasteiger partial charge in [0.1, 0.15) is 23.7 Å². The van der Waals surface area contributed by atoms with Crippen molar-refractivity contribution in [1.29, 1.82) is 5.26 Å². The molecule has 0 aromatic heterocycles. The van der Waals surface area contributed by atoms with Crippen LogP contribution in [0.25, 0.3) is 16.8 Å². The quantitative estimate of drug-likeness (QED) is 0.0787. The van der Waals surface area contributed by atoms with Gasteiger partial charge in [0.05, 0.1) is 0 Å². The Hall–Kier alpha value is -5.99. The number of amides is 5. The normalized spacial score (nSPS) is 12.5. The molecule has 0 aliphatic carbocycles. The van der Waals surface area contributed by atoms with Crippen molar-refractivity contribution in [2.45, 2.75) is 70.6 Å². The van der Waals surface area contributed by atoms with Crippen LogP contribution >= 0.6 is 11.6 Å². The first-order valence-electron chi connectivity index (χ1n) is 17.7. The van der Waals surface area contributed by atoms with Crippen LogP contribution in [0.5, 0.6) is 0 Å². The molecule has 280 valence electrons. The average Bonchev–Trinajstić information content (AvgIpc) is 3.14. The molecular weight excluding hydrogens is 704 g/mol. The molecule has 0 bridgehead atoms. The van der Waals surface area contributed by atoms with E-state index in [-0.39, 0.29) is 50.3 Å². The second kappa shape index (κ2) is 19.7. The third kappa shape index (κ3) is 13.2. The van der Waals surface area contributed by atoms with Crippen LogP contribution in [0, 0.1) is 11.3 Å². The second-order valence-corrected chi connectivity index (χ2v) is 14.2. The van der Waals surface area contributed by atoms with Crippen LogP contribution in [0.3, 0.4) is 0 Å². The molecule has 0 aliphatic rings. The Bertz CT molecular complexity index is 2010. The number of benzene rings is 4. The van der Waals surface area contributed by atoms with E-state index in [4.69, 9.17) is 11.6 Å². The fourth-order valence-corrected chi connectivity index (χ4v) is 5.76. The molecule has 4 aromatic carbocycles. The standard InChI is InChI=1S/C42H45ClN6O5/c1-42(2,3)49-38(51)21-20-35(47-37(50)22-23-45-39(52)32(26-44)24-29-16-18-33(43)19-17-29)41(54)48-36(25-28-10-5-4-6-11-28)40(53)46-27-31-14-9-13-30-12-7-8-15-34(30)31/h4-19,24,35-36H,20-23,25,27H2,1-3H3,(H,45,52)(H,46,53)(H,47,50)(H,48,54)(H,49,51)/b32-24+/t35-,36-/m0/s1. The number of fused-ring (bicyclic) bond motifs is 1. The number of carbonyl (C=O) groups excluding carboxylic acids is 5. The van der Waals surface area contributed by atoms with Crippen LogP contribution in [0.1, 0.15) is 56.7 Å². The summed E-state index contributed by atoms with van der Waals surface area (Å²) in [4.78, 5) is 66.2. The zero-order chi connectivity index (χ0) is 39.1. The van der Waals surface area contributed by atoms with E-state index in [0.717, 1.165) is 21.9 Å². The first kappa shape index (κ1) is 40.8. The molecule has 0 saturated carbocycles.